The second-order valence-electron chi connectivity index (χ2n) is 7.78. The average molecular weight is 403 g/mol. The number of phenols is 1. The van der Waals surface area contributed by atoms with Gasteiger partial charge in [0.1, 0.15) is 18.1 Å². The first-order chi connectivity index (χ1) is 13.2. The van der Waals surface area contributed by atoms with Gasteiger partial charge in [-0.25, -0.2) is 0 Å². The van der Waals surface area contributed by atoms with E-state index < -0.39 is 5.60 Å². The van der Waals surface area contributed by atoms with Crippen LogP contribution in [0, 0.1) is 0 Å². The van der Waals surface area contributed by atoms with Crippen molar-refractivity contribution in [1.82, 2.24) is 0 Å². The van der Waals surface area contributed by atoms with E-state index >= 15 is 0 Å². The third-order valence-corrected chi connectivity index (χ3v) is 5.62. The molecule has 0 spiro atoms. The van der Waals surface area contributed by atoms with Gasteiger partial charge in [0.15, 0.2) is 5.78 Å². The van der Waals surface area contributed by atoms with E-state index in [9.17, 15) is 15.0 Å². The second-order valence-corrected chi connectivity index (χ2v) is 8.87. The zero-order valence-electron chi connectivity index (χ0n) is 17.1. The van der Waals surface area contributed by atoms with Gasteiger partial charge in [0.05, 0.1) is 15.4 Å². The number of hydrogen-bond acceptors (Lipinski definition) is 5. The minimum absolute atomic E-state index is 0.0738. The van der Waals surface area contributed by atoms with Gasteiger partial charge < -0.3 is 14.9 Å². The maximum atomic E-state index is 12.3. The van der Waals surface area contributed by atoms with Crippen molar-refractivity contribution < 1.29 is 19.7 Å². The van der Waals surface area contributed by atoms with Gasteiger partial charge in [-0.1, -0.05) is 35.1 Å². The zero-order valence-corrected chi connectivity index (χ0v) is 17.9. The van der Waals surface area contributed by atoms with E-state index in [2.05, 4.69) is 26.8 Å². The molecule has 0 saturated carbocycles. The summed E-state index contributed by atoms with van der Waals surface area (Å²) in [6.45, 7) is 8.34. The summed E-state index contributed by atoms with van der Waals surface area (Å²) in [5.41, 5.74) is 1.60. The van der Waals surface area contributed by atoms with E-state index in [0.29, 0.717) is 23.7 Å². The largest absolute Gasteiger partial charge is 0.508 e. The van der Waals surface area contributed by atoms with Crippen LogP contribution in [0.2, 0.25) is 0 Å². The zero-order chi connectivity index (χ0) is 20.7. The molecule has 0 fully saturated rings. The van der Waals surface area contributed by atoms with Crippen molar-refractivity contribution in [2.45, 2.75) is 63.9 Å². The van der Waals surface area contributed by atoms with Gasteiger partial charge in [-0.15, -0.1) is 0 Å². The van der Waals surface area contributed by atoms with Crippen LogP contribution in [0.1, 0.15) is 53.4 Å². The molecule has 0 aliphatic heterocycles. The molecule has 0 aromatic heterocycles. The molecule has 0 radical (unpaired) electrons. The third kappa shape index (κ3) is 7.21. The molecule has 2 N–H and O–H groups in total. The SMILES string of the molecule is CC(C)=CCCC(C)=CCOc1cc(O)ccc1SC1=CCC(C)(O)CC1=O. The Hall–Kier alpha value is -1.98. The molecule has 0 bridgehead atoms. The van der Waals surface area contributed by atoms with Crippen molar-refractivity contribution in [3.63, 3.8) is 0 Å². The third-order valence-electron chi connectivity index (χ3n) is 4.45. The molecule has 0 amide bonds. The first-order valence-corrected chi connectivity index (χ1v) is 10.4. The standard InChI is InChI=1S/C23H30O4S/c1-16(2)6-5-7-17(3)11-13-27-20-14-18(24)8-9-22(20)28-21-10-12-23(4,26)15-19(21)25/h6,8-11,14,24,26H,5,7,12-13,15H2,1-4H3. The topological polar surface area (TPSA) is 66.8 Å². The maximum absolute atomic E-state index is 12.3. The van der Waals surface area contributed by atoms with Crippen LogP contribution >= 0.6 is 11.8 Å². The fourth-order valence-corrected chi connectivity index (χ4v) is 3.75. The lowest BCUT2D eigenvalue weighted by molar-refractivity contribution is -0.119. The summed E-state index contributed by atoms with van der Waals surface area (Å²) >= 11 is 1.32. The number of ether oxygens (including phenoxy) is 1. The van der Waals surface area contributed by atoms with E-state index in [1.54, 1.807) is 31.2 Å². The number of thioether (sulfide) groups is 1. The number of benzene rings is 1. The Morgan fingerprint density at radius 1 is 1.29 bits per heavy atom. The molecule has 1 unspecified atom stereocenters. The molecule has 4 nitrogen and oxygen atoms in total. The van der Waals surface area contributed by atoms with E-state index in [-0.39, 0.29) is 18.0 Å². The van der Waals surface area contributed by atoms with E-state index in [0.717, 1.165) is 17.7 Å². The van der Waals surface area contributed by atoms with Crippen LogP contribution < -0.4 is 4.74 Å². The highest BCUT2D eigenvalue weighted by Crippen LogP contribution is 2.40. The summed E-state index contributed by atoms with van der Waals surface area (Å²) < 4.78 is 5.87. The van der Waals surface area contributed by atoms with Crippen molar-refractivity contribution in [3.8, 4) is 11.5 Å². The van der Waals surface area contributed by atoms with Crippen LogP contribution in [0.5, 0.6) is 11.5 Å². The lowest BCUT2D eigenvalue weighted by Gasteiger charge is -2.26. The highest BCUT2D eigenvalue weighted by molar-refractivity contribution is 8.04. The molecule has 5 heteroatoms. The Bertz CT molecular complexity index is 799. The Kier molecular flexibility index (Phi) is 7.96. The summed E-state index contributed by atoms with van der Waals surface area (Å²) in [4.78, 5) is 13.7. The first-order valence-electron chi connectivity index (χ1n) is 9.55. The molecule has 1 aromatic rings. The van der Waals surface area contributed by atoms with Crippen LogP contribution in [0.15, 0.2) is 57.4 Å². The number of aliphatic hydroxyl groups is 1. The monoisotopic (exact) mass is 402 g/mol. The fourth-order valence-electron chi connectivity index (χ4n) is 2.81. The van der Waals surface area contributed by atoms with Gasteiger partial charge in [0, 0.05) is 12.5 Å². The number of Topliss-reactive ketones (excluding diaryl/α,β-unsaturated/α-hetero) is 1. The van der Waals surface area contributed by atoms with Gasteiger partial charge in [-0.3, -0.25) is 4.79 Å². The van der Waals surface area contributed by atoms with Gasteiger partial charge in [-0.2, -0.15) is 0 Å². The number of rotatable bonds is 8. The van der Waals surface area contributed by atoms with Crippen molar-refractivity contribution in [2.75, 3.05) is 6.61 Å². The molecular weight excluding hydrogens is 372 g/mol. The van der Waals surface area contributed by atoms with Crippen molar-refractivity contribution in [1.29, 1.82) is 0 Å². The highest BCUT2D eigenvalue weighted by atomic mass is 32.2. The Labute approximate surface area is 172 Å². The van der Waals surface area contributed by atoms with Crippen LogP contribution in [0.25, 0.3) is 0 Å². The number of hydrogen-bond donors (Lipinski definition) is 2. The lowest BCUT2D eigenvalue weighted by atomic mass is 9.91. The number of allylic oxidation sites excluding steroid dienone is 4. The molecule has 1 aliphatic rings. The van der Waals surface area contributed by atoms with Crippen molar-refractivity contribution in [2.24, 2.45) is 0 Å². The Morgan fingerprint density at radius 2 is 2.04 bits per heavy atom. The molecule has 1 aliphatic carbocycles. The van der Waals surface area contributed by atoms with E-state index in [4.69, 9.17) is 4.74 Å². The predicted molar refractivity (Wildman–Crippen MR) is 115 cm³/mol. The predicted octanol–water partition coefficient (Wildman–Crippen LogP) is 5.55. The normalized spacial score (nSPS) is 20.0. The van der Waals surface area contributed by atoms with Gasteiger partial charge in [0.25, 0.3) is 0 Å². The summed E-state index contributed by atoms with van der Waals surface area (Å²) in [5.74, 6) is 0.593. The average Bonchev–Trinajstić information content (AvgIpc) is 2.58. The summed E-state index contributed by atoms with van der Waals surface area (Å²) in [7, 11) is 0. The van der Waals surface area contributed by atoms with Crippen molar-refractivity contribution >= 4 is 17.5 Å². The maximum Gasteiger partial charge on any atom is 0.172 e. The van der Waals surface area contributed by atoms with E-state index in [1.807, 2.05) is 6.08 Å². The summed E-state index contributed by atoms with van der Waals surface area (Å²) in [5, 5.41) is 19.9. The van der Waals surface area contributed by atoms with Crippen LogP contribution in [0.4, 0.5) is 0 Å². The first kappa shape index (κ1) is 22.3. The number of aromatic hydroxyl groups is 1. The highest BCUT2D eigenvalue weighted by Gasteiger charge is 2.30. The molecule has 1 aromatic carbocycles. The van der Waals surface area contributed by atoms with Crippen LogP contribution in [0.3, 0.4) is 0 Å². The molecule has 2 rings (SSSR count). The molecular formula is C23H30O4S. The summed E-state index contributed by atoms with van der Waals surface area (Å²) in [6.07, 6.45) is 8.60. The minimum Gasteiger partial charge on any atom is -0.508 e. The van der Waals surface area contributed by atoms with Crippen LogP contribution in [-0.2, 0) is 4.79 Å². The molecule has 28 heavy (non-hydrogen) atoms. The lowest BCUT2D eigenvalue weighted by Crippen LogP contribution is -2.30. The fraction of sp³-hybridized carbons (Fsp3) is 0.435. The smallest absolute Gasteiger partial charge is 0.172 e. The Morgan fingerprint density at radius 3 is 2.71 bits per heavy atom. The minimum atomic E-state index is -0.969. The number of ketones is 1. The number of carbonyl (C=O) groups is 1. The molecule has 1 atom stereocenters. The van der Waals surface area contributed by atoms with Gasteiger partial charge >= 0.3 is 0 Å². The molecule has 152 valence electrons. The quantitative estimate of drug-likeness (QED) is 0.558. The number of carbonyl (C=O) groups excluding carboxylic acids is 1. The van der Waals surface area contributed by atoms with Crippen molar-refractivity contribution in [3.05, 3.63) is 52.5 Å². The second kappa shape index (κ2) is 9.99. The summed E-state index contributed by atoms with van der Waals surface area (Å²) in [6, 6.07) is 4.90. The molecule has 0 heterocycles. The van der Waals surface area contributed by atoms with Gasteiger partial charge in [0.2, 0.25) is 0 Å². The van der Waals surface area contributed by atoms with Crippen LogP contribution in [-0.4, -0.2) is 28.2 Å². The van der Waals surface area contributed by atoms with Gasteiger partial charge in [-0.05, 0) is 65.2 Å². The number of phenolic OH excluding ortho intramolecular Hbond substituents is 1. The Balaban J connectivity index is 2.03. The van der Waals surface area contributed by atoms with E-state index in [1.165, 1.54) is 22.9 Å². The molecule has 0 saturated heterocycles.